The Hall–Kier alpha value is -1.36. The van der Waals surface area contributed by atoms with Crippen LogP contribution in [-0.2, 0) is 22.6 Å². The fraction of sp³-hybridized carbons (Fsp3) is 0.733. The monoisotopic (exact) mass is 279 g/mol. The number of amides is 1. The van der Waals surface area contributed by atoms with Crippen LogP contribution in [0.15, 0.2) is 0 Å². The van der Waals surface area contributed by atoms with Crippen LogP contribution in [0, 0.1) is 6.92 Å². The summed E-state index contributed by atoms with van der Waals surface area (Å²) in [6.07, 6.45) is 2.06. The zero-order valence-corrected chi connectivity index (χ0v) is 13.0. The van der Waals surface area contributed by atoms with E-state index >= 15 is 0 Å². The van der Waals surface area contributed by atoms with Crippen LogP contribution < -0.4 is 0 Å². The van der Waals surface area contributed by atoms with Gasteiger partial charge in [0.1, 0.15) is 5.82 Å². The summed E-state index contributed by atoms with van der Waals surface area (Å²) in [4.78, 5) is 18.2. The van der Waals surface area contributed by atoms with Gasteiger partial charge in [-0.05, 0) is 19.8 Å². The Labute approximate surface area is 120 Å². The molecule has 0 spiro atoms. The number of aromatic nitrogens is 2. The molecule has 1 aliphatic rings. The van der Waals surface area contributed by atoms with Gasteiger partial charge in [-0.25, -0.2) is 4.98 Å². The van der Waals surface area contributed by atoms with E-state index in [-0.39, 0.29) is 5.91 Å². The highest BCUT2D eigenvalue weighted by molar-refractivity contribution is 5.73. The van der Waals surface area contributed by atoms with Crippen LogP contribution in [0.3, 0.4) is 0 Å². The second-order valence-electron chi connectivity index (χ2n) is 5.48. The van der Waals surface area contributed by atoms with Gasteiger partial charge in [-0.1, -0.05) is 6.92 Å². The molecule has 0 aliphatic carbocycles. The quantitative estimate of drug-likeness (QED) is 0.829. The molecule has 1 unspecified atom stereocenters. The summed E-state index contributed by atoms with van der Waals surface area (Å²) in [6, 6.07) is 0. The van der Waals surface area contributed by atoms with Crippen LogP contribution >= 0.6 is 0 Å². The van der Waals surface area contributed by atoms with Crippen molar-refractivity contribution in [3.8, 4) is 0 Å². The van der Waals surface area contributed by atoms with Gasteiger partial charge in [0.2, 0.25) is 5.91 Å². The van der Waals surface area contributed by atoms with Crippen LogP contribution in [0.2, 0.25) is 0 Å². The van der Waals surface area contributed by atoms with Gasteiger partial charge in [-0.2, -0.15) is 0 Å². The molecule has 2 heterocycles. The molecule has 0 aromatic carbocycles. The van der Waals surface area contributed by atoms with Crippen LogP contribution in [0.5, 0.6) is 0 Å². The third kappa shape index (κ3) is 2.87. The molecule has 20 heavy (non-hydrogen) atoms. The van der Waals surface area contributed by atoms with E-state index < -0.39 is 0 Å². The largest absolute Gasteiger partial charge is 0.385 e. The summed E-state index contributed by atoms with van der Waals surface area (Å²) < 4.78 is 7.52. The van der Waals surface area contributed by atoms with Crippen molar-refractivity contribution < 1.29 is 9.53 Å². The molecule has 1 atom stereocenters. The summed E-state index contributed by atoms with van der Waals surface area (Å²) in [6.45, 7) is 8.97. The van der Waals surface area contributed by atoms with Crippen molar-refractivity contribution in [1.29, 1.82) is 0 Å². The molecule has 0 saturated heterocycles. The number of fused-ring (bicyclic) bond motifs is 1. The van der Waals surface area contributed by atoms with E-state index in [0.717, 1.165) is 38.2 Å². The van der Waals surface area contributed by atoms with Gasteiger partial charge in [0.25, 0.3) is 0 Å². The lowest BCUT2D eigenvalue weighted by Gasteiger charge is -2.29. The smallest absolute Gasteiger partial charge is 0.219 e. The molecule has 2 rings (SSSR count). The van der Waals surface area contributed by atoms with E-state index in [4.69, 9.17) is 9.72 Å². The summed E-state index contributed by atoms with van der Waals surface area (Å²) in [5.41, 5.74) is 2.25. The van der Waals surface area contributed by atoms with Gasteiger partial charge in [0.15, 0.2) is 0 Å². The fourth-order valence-electron chi connectivity index (χ4n) is 2.92. The van der Waals surface area contributed by atoms with Gasteiger partial charge in [-0.15, -0.1) is 0 Å². The van der Waals surface area contributed by atoms with Crippen molar-refractivity contribution in [2.45, 2.75) is 52.6 Å². The molecule has 1 aromatic rings. The molecule has 5 heteroatoms. The highest BCUT2D eigenvalue weighted by atomic mass is 16.5. The number of aryl methyl sites for hydroxylation is 1. The molecular weight excluding hydrogens is 254 g/mol. The van der Waals surface area contributed by atoms with E-state index in [1.54, 1.807) is 14.0 Å². The van der Waals surface area contributed by atoms with Gasteiger partial charge in [-0.3, -0.25) is 4.79 Å². The Balaban J connectivity index is 2.25. The highest BCUT2D eigenvalue weighted by Gasteiger charge is 2.26. The number of carbonyl (C=O) groups is 1. The number of rotatable bonds is 5. The average Bonchev–Trinajstić information content (AvgIpc) is 2.77. The first-order valence-electron chi connectivity index (χ1n) is 7.38. The van der Waals surface area contributed by atoms with Gasteiger partial charge in [0, 0.05) is 39.6 Å². The molecule has 5 nitrogen and oxygen atoms in total. The summed E-state index contributed by atoms with van der Waals surface area (Å²) >= 11 is 0. The first-order valence-corrected chi connectivity index (χ1v) is 7.38. The van der Waals surface area contributed by atoms with Crippen molar-refractivity contribution in [2.24, 2.45) is 0 Å². The van der Waals surface area contributed by atoms with Crippen LogP contribution in [0.1, 0.15) is 49.8 Å². The minimum absolute atomic E-state index is 0.143. The standard InChI is InChI=1S/C15H25N3O2/c1-5-13(6-9-20-4)15-16-11(2)14-10-17(12(3)19)7-8-18(14)15/h13H,5-10H2,1-4H3. The molecule has 1 aliphatic heterocycles. The fourth-order valence-corrected chi connectivity index (χ4v) is 2.92. The molecule has 0 radical (unpaired) electrons. The molecule has 0 fully saturated rings. The Kier molecular flexibility index (Phi) is 4.81. The number of imidazole rings is 1. The summed E-state index contributed by atoms with van der Waals surface area (Å²) in [5.74, 6) is 1.75. The van der Waals surface area contributed by atoms with Crippen molar-refractivity contribution in [3.63, 3.8) is 0 Å². The first kappa shape index (κ1) is 15.0. The Morgan fingerprint density at radius 2 is 2.20 bits per heavy atom. The van der Waals surface area contributed by atoms with Gasteiger partial charge in [0.05, 0.1) is 17.9 Å². The lowest BCUT2D eigenvalue weighted by molar-refractivity contribution is -0.130. The maximum atomic E-state index is 11.5. The maximum Gasteiger partial charge on any atom is 0.219 e. The Morgan fingerprint density at radius 1 is 1.45 bits per heavy atom. The number of methoxy groups -OCH3 is 1. The van der Waals surface area contributed by atoms with E-state index in [1.165, 1.54) is 11.5 Å². The molecule has 0 N–H and O–H groups in total. The maximum absolute atomic E-state index is 11.5. The van der Waals surface area contributed by atoms with E-state index in [2.05, 4.69) is 11.5 Å². The normalized spacial score (nSPS) is 16.1. The first-order chi connectivity index (χ1) is 9.58. The highest BCUT2D eigenvalue weighted by Crippen LogP contribution is 2.27. The lowest BCUT2D eigenvalue weighted by Crippen LogP contribution is -2.37. The summed E-state index contributed by atoms with van der Waals surface area (Å²) in [5, 5.41) is 0. The van der Waals surface area contributed by atoms with E-state index in [1.807, 2.05) is 11.8 Å². The van der Waals surface area contributed by atoms with E-state index in [0.29, 0.717) is 12.5 Å². The molecule has 112 valence electrons. The third-order valence-electron chi connectivity index (χ3n) is 4.21. The second-order valence-corrected chi connectivity index (χ2v) is 5.48. The van der Waals surface area contributed by atoms with Gasteiger partial charge >= 0.3 is 0 Å². The van der Waals surface area contributed by atoms with Crippen LogP contribution in [0.4, 0.5) is 0 Å². The van der Waals surface area contributed by atoms with Crippen molar-refractivity contribution in [3.05, 3.63) is 17.2 Å². The summed E-state index contributed by atoms with van der Waals surface area (Å²) in [7, 11) is 1.74. The average molecular weight is 279 g/mol. The zero-order chi connectivity index (χ0) is 14.7. The number of hydrogen-bond donors (Lipinski definition) is 0. The molecule has 0 bridgehead atoms. The molecule has 1 aromatic heterocycles. The zero-order valence-electron chi connectivity index (χ0n) is 13.0. The SMILES string of the molecule is CCC(CCOC)c1nc(C)c2n1CCN(C(C)=O)C2. The van der Waals surface area contributed by atoms with Gasteiger partial charge < -0.3 is 14.2 Å². The predicted octanol–water partition coefficient (Wildman–Crippen LogP) is 2.08. The molecule has 1 amide bonds. The number of ether oxygens (including phenoxy) is 1. The second kappa shape index (κ2) is 6.39. The van der Waals surface area contributed by atoms with Crippen molar-refractivity contribution in [1.82, 2.24) is 14.5 Å². The lowest BCUT2D eigenvalue weighted by atomic mass is 10.0. The van der Waals surface area contributed by atoms with Crippen LogP contribution in [0.25, 0.3) is 0 Å². The number of nitrogens with zero attached hydrogens (tertiary/aromatic N) is 3. The number of hydrogen-bond acceptors (Lipinski definition) is 3. The Morgan fingerprint density at radius 3 is 2.80 bits per heavy atom. The molecular formula is C15H25N3O2. The topological polar surface area (TPSA) is 47.4 Å². The minimum atomic E-state index is 0.143. The third-order valence-corrected chi connectivity index (χ3v) is 4.21. The van der Waals surface area contributed by atoms with Crippen LogP contribution in [-0.4, -0.2) is 40.6 Å². The predicted molar refractivity (Wildman–Crippen MR) is 77.6 cm³/mol. The van der Waals surface area contributed by atoms with Crippen molar-refractivity contribution in [2.75, 3.05) is 20.3 Å². The van der Waals surface area contributed by atoms with E-state index in [9.17, 15) is 4.79 Å². The number of carbonyl (C=O) groups excluding carboxylic acids is 1. The minimum Gasteiger partial charge on any atom is -0.385 e. The van der Waals surface area contributed by atoms with Crippen molar-refractivity contribution >= 4 is 5.91 Å². The molecule has 0 saturated carbocycles. The Bertz CT molecular complexity index is 482.